The highest BCUT2D eigenvalue weighted by Crippen LogP contribution is 2.64. The van der Waals surface area contributed by atoms with Gasteiger partial charge in [0.1, 0.15) is 31.2 Å². The lowest BCUT2D eigenvalue weighted by Crippen LogP contribution is -3.00. The Hall–Kier alpha value is -3.10. The minimum Gasteiger partial charge on any atom is -1.00 e. The summed E-state index contributed by atoms with van der Waals surface area (Å²) < 4.78 is 11.4. The number of hydrogen-bond donors (Lipinski definition) is 2. The number of nitrogens with zero attached hydrogens (tertiary/aromatic N) is 1. The molecule has 2 aromatic rings. The number of nitrogens with one attached hydrogen (secondary N) is 1. The molecule has 1 spiro atoms. The fraction of sp³-hybridized carbons (Fsp3) is 0.379. The number of hydrogen-bond acceptors (Lipinski definition) is 6. The molecule has 2 N–H and O–H groups in total. The van der Waals surface area contributed by atoms with Crippen LogP contribution in [0.2, 0.25) is 0 Å². The summed E-state index contributed by atoms with van der Waals surface area (Å²) in [5.74, 6) is 1.43. The van der Waals surface area contributed by atoms with Crippen molar-refractivity contribution in [3.63, 3.8) is 0 Å². The van der Waals surface area contributed by atoms with E-state index in [1.54, 1.807) is 38.5 Å². The average Bonchev–Trinajstić information content (AvgIpc) is 3.43. The molecule has 7 nitrogen and oxygen atoms in total. The number of rotatable bonds is 6. The van der Waals surface area contributed by atoms with Gasteiger partial charge in [-0.15, -0.1) is 0 Å². The van der Waals surface area contributed by atoms with Gasteiger partial charge in [0.15, 0.2) is 11.5 Å². The second kappa shape index (κ2) is 9.03. The van der Waals surface area contributed by atoms with E-state index in [0.29, 0.717) is 33.8 Å². The van der Waals surface area contributed by atoms with Crippen molar-refractivity contribution in [1.82, 2.24) is 0 Å². The van der Waals surface area contributed by atoms with Crippen LogP contribution in [-0.4, -0.2) is 61.6 Å². The third kappa shape index (κ3) is 3.35. The molecular weight excluding hydrogens is 536 g/mol. The number of Topliss-reactive ketones (excluding diaryl/α,β-unsaturated/α-hetero) is 1. The van der Waals surface area contributed by atoms with E-state index in [9.17, 15) is 14.7 Å². The number of piperidine rings is 1. The Balaban J connectivity index is 0.00000280. The van der Waals surface area contributed by atoms with Gasteiger partial charge in [-0.05, 0) is 42.3 Å². The zero-order chi connectivity index (χ0) is 25.2. The van der Waals surface area contributed by atoms with Crippen LogP contribution in [0.15, 0.2) is 59.3 Å². The molecular formula is C29H31BrN2O5. The smallest absolute Gasteiger partial charge is 0.217 e. The first kappa shape index (κ1) is 25.5. The monoisotopic (exact) mass is 566 g/mol. The number of methoxy groups -OCH3 is 2. The number of fused-ring (bicyclic) bond motifs is 2. The maximum absolute atomic E-state index is 13.8. The Bertz CT molecular complexity index is 1370. The van der Waals surface area contributed by atoms with Gasteiger partial charge >= 0.3 is 0 Å². The number of ketones is 1. The largest absolute Gasteiger partial charge is 1.00 e. The van der Waals surface area contributed by atoms with Gasteiger partial charge in [-0.3, -0.25) is 9.59 Å². The van der Waals surface area contributed by atoms with E-state index >= 15 is 0 Å². The van der Waals surface area contributed by atoms with Gasteiger partial charge in [0.25, 0.3) is 0 Å². The minimum atomic E-state index is -0.405. The van der Waals surface area contributed by atoms with E-state index in [4.69, 9.17) is 9.47 Å². The first-order chi connectivity index (χ1) is 17.4. The molecule has 1 aliphatic carbocycles. The molecule has 2 aromatic carbocycles. The van der Waals surface area contributed by atoms with Crippen molar-refractivity contribution in [1.29, 1.82) is 0 Å². The van der Waals surface area contributed by atoms with Gasteiger partial charge in [0.05, 0.1) is 31.9 Å². The molecule has 0 amide bonds. The number of anilines is 1. The highest BCUT2D eigenvalue weighted by molar-refractivity contribution is 5.97. The maximum Gasteiger partial charge on any atom is 0.217 e. The van der Waals surface area contributed by atoms with Gasteiger partial charge in [-0.2, -0.15) is 0 Å². The number of phenols is 1. The number of allylic oxidation sites excluding steroid dienone is 2. The van der Waals surface area contributed by atoms with Crippen LogP contribution in [0.1, 0.15) is 35.7 Å². The lowest BCUT2D eigenvalue weighted by atomic mass is 9.61. The Morgan fingerprint density at radius 2 is 2.00 bits per heavy atom. The summed E-state index contributed by atoms with van der Waals surface area (Å²) in [6, 6.07) is 11.1. The van der Waals surface area contributed by atoms with Gasteiger partial charge in [0.2, 0.25) is 5.78 Å². The van der Waals surface area contributed by atoms with E-state index in [1.165, 1.54) is 5.57 Å². The van der Waals surface area contributed by atoms with Crippen LogP contribution in [0.25, 0.3) is 0 Å². The minimum absolute atomic E-state index is 0. The summed E-state index contributed by atoms with van der Waals surface area (Å²) in [6.07, 6.45) is 4.76. The van der Waals surface area contributed by atoms with Crippen molar-refractivity contribution in [2.75, 3.05) is 39.2 Å². The Kier molecular flexibility index (Phi) is 6.23. The number of carbonyl (C=O) groups excluding carboxylic acids is 2. The van der Waals surface area contributed by atoms with E-state index in [2.05, 4.69) is 17.5 Å². The fourth-order valence-corrected chi connectivity index (χ4v) is 7.57. The molecule has 6 rings (SSSR count). The number of quaternary nitrogens is 1. The van der Waals surface area contributed by atoms with Crippen LogP contribution in [0.4, 0.5) is 5.69 Å². The molecule has 194 valence electrons. The van der Waals surface area contributed by atoms with E-state index in [0.717, 1.165) is 49.1 Å². The topological polar surface area (TPSA) is 84.9 Å². The second-order valence-corrected chi connectivity index (χ2v) is 10.4. The van der Waals surface area contributed by atoms with Crippen LogP contribution < -0.4 is 31.8 Å². The molecule has 37 heavy (non-hydrogen) atoms. The van der Waals surface area contributed by atoms with Crippen molar-refractivity contribution in [2.24, 2.45) is 5.92 Å². The summed E-state index contributed by atoms with van der Waals surface area (Å²) in [4.78, 5) is 26.2. The van der Waals surface area contributed by atoms with Gasteiger partial charge in [-0.25, -0.2) is 0 Å². The van der Waals surface area contributed by atoms with Gasteiger partial charge in [0, 0.05) is 35.6 Å². The molecule has 4 aliphatic rings. The molecule has 4 atom stereocenters. The maximum atomic E-state index is 13.8. The van der Waals surface area contributed by atoms with Gasteiger partial charge < -0.3 is 41.4 Å². The van der Waals surface area contributed by atoms with Crippen LogP contribution >= 0.6 is 0 Å². The van der Waals surface area contributed by atoms with E-state index in [-0.39, 0.29) is 40.5 Å². The third-order valence-corrected chi connectivity index (χ3v) is 9.13. The number of phenolic OH excluding ortho intramolecular Hbond substituents is 1. The third-order valence-electron chi connectivity index (χ3n) is 9.13. The zero-order valence-electron chi connectivity index (χ0n) is 21.2. The van der Waals surface area contributed by atoms with Crippen molar-refractivity contribution in [3.05, 3.63) is 70.4 Å². The summed E-state index contributed by atoms with van der Waals surface area (Å²) in [5, 5.41) is 14.2. The van der Waals surface area contributed by atoms with Crippen molar-refractivity contribution in [2.45, 2.75) is 31.2 Å². The number of aldehydes is 1. The number of ether oxygens (including phenoxy) is 2. The second-order valence-electron chi connectivity index (χ2n) is 10.4. The average molecular weight is 567 g/mol. The number of para-hydroxylation sites is 1. The molecule has 1 unspecified atom stereocenters. The molecule has 3 heterocycles. The number of aromatic hydroxyl groups is 1. The SMILES string of the molecule is C/C=C1/C[N+]2(CC(=O)c3ccc(OC)c(OC)c3)CC[C@]34C(=C(C=O)[C@H]1C[C@@H]32)Nc1c(O)cccc14.[Br-]. The Morgan fingerprint density at radius 3 is 2.70 bits per heavy atom. The highest BCUT2D eigenvalue weighted by Gasteiger charge is 2.69. The van der Waals surface area contributed by atoms with Gasteiger partial charge in [-0.1, -0.05) is 18.2 Å². The number of carbonyl (C=O) groups is 2. The predicted octanol–water partition coefficient (Wildman–Crippen LogP) is 0.982. The highest BCUT2D eigenvalue weighted by atomic mass is 79.9. The number of benzene rings is 2. The standard InChI is InChI=1S/C29H30N2O5.BrH/c1-4-17-14-31(15-23(34)18-8-9-24(35-2)25(12-18)36-3)11-10-29-21-6-5-7-22(33)27(21)30-28(29)20(16-32)19(17)13-26(29)31;/h4-9,12,16,19,26H,10-11,13-15H2,1-3H3,(H-,30,32,33);1H/b17-4-;/t19-,26-,29+,31?;/m0./s1. The van der Waals surface area contributed by atoms with Crippen LogP contribution in [0.3, 0.4) is 0 Å². The van der Waals surface area contributed by atoms with Crippen molar-refractivity contribution < 1.29 is 45.6 Å². The Morgan fingerprint density at radius 1 is 1.22 bits per heavy atom. The molecule has 3 aliphatic heterocycles. The summed E-state index contributed by atoms with van der Waals surface area (Å²) in [6.45, 7) is 3.95. The quantitative estimate of drug-likeness (QED) is 0.178. The lowest BCUT2D eigenvalue weighted by Gasteiger charge is -2.53. The van der Waals surface area contributed by atoms with E-state index in [1.807, 2.05) is 13.0 Å². The predicted molar refractivity (Wildman–Crippen MR) is 136 cm³/mol. The molecule has 8 heteroatoms. The summed E-state index contributed by atoms with van der Waals surface area (Å²) in [7, 11) is 3.15. The molecule has 0 aromatic heterocycles. The normalized spacial score (nSPS) is 29.6. The van der Waals surface area contributed by atoms with Crippen LogP contribution in [0, 0.1) is 5.92 Å². The van der Waals surface area contributed by atoms with Crippen molar-refractivity contribution in [3.8, 4) is 17.2 Å². The fourth-order valence-electron chi connectivity index (χ4n) is 7.57. The van der Waals surface area contributed by atoms with Crippen molar-refractivity contribution >= 4 is 17.8 Å². The zero-order valence-corrected chi connectivity index (χ0v) is 22.8. The number of halogens is 1. The molecule has 0 radical (unpaired) electrons. The first-order valence-electron chi connectivity index (χ1n) is 12.5. The molecule has 2 fully saturated rings. The van der Waals surface area contributed by atoms with Crippen LogP contribution in [-0.2, 0) is 10.2 Å². The summed E-state index contributed by atoms with van der Waals surface area (Å²) in [5.41, 5.74) is 4.87. The first-order valence-corrected chi connectivity index (χ1v) is 12.5. The molecule has 0 saturated carbocycles. The lowest BCUT2D eigenvalue weighted by molar-refractivity contribution is -0.934. The summed E-state index contributed by atoms with van der Waals surface area (Å²) >= 11 is 0. The molecule has 2 saturated heterocycles. The molecule has 2 bridgehead atoms. The Labute approximate surface area is 227 Å². The van der Waals surface area contributed by atoms with Crippen LogP contribution in [0.5, 0.6) is 17.2 Å². The van der Waals surface area contributed by atoms with E-state index < -0.39 is 5.41 Å².